The number of likely N-dealkylation sites (tertiary alicyclic amines) is 1. The minimum absolute atomic E-state index is 0.0404. The summed E-state index contributed by atoms with van der Waals surface area (Å²) in [4.78, 5) is 12.7. The first-order valence-corrected chi connectivity index (χ1v) is 6.36. The number of carbonyl (C=O) groups excluding carboxylic acids is 1. The summed E-state index contributed by atoms with van der Waals surface area (Å²) in [6.45, 7) is 2.82. The maximum atomic E-state index is 11.0. The predicted molar refractivity (Wildman–Crippen MR) is 53.0 cm³/mol. The van der Waals surface area contributed by atoms with E-state index < -0.39 is 10.0 Å². The molecular weight excluding hydrogens is 204 g/mol. The van der Waals surface area contributed by atoms with Crippen molar-refractivity contribution in [2.75, 3.05) is 18.8 Å². The standard InChI is InChI=1S/C8H16N2O3S/c1-7(11)10-4-2-8(3-5-10)6-14(9,12)13/h8H,2-6H2,1H3,(H2,9,12,13). The van der Waals surface area contributed by atoms with Crippen molar-refractivity contribution < 1.29 is 13.2 Å². The van der Waals surface area contributed by atoms with Crippen molar-refractivity contribution in [3.63, 3.8) is 0 Å². The van der Waals surface area contributed by atoms with Gasteiger partial charge in [-0.1, -0.05) is 0 Å². The molecule has 0 spiro atoms. The highest BCUT2D eigenvalue weighted by molar-refractivity contribution is 7.89. The fraction of sp³-hybridized carbons (Fsp3) is 0.875. The van der Waals surface area contributed by atoms with E-state index >= 15 is 0 Å². The van der Waals surface area contributed by atoms with Gasteiger partial charge in [-0.3, -0.25) is 4.79 Å². The van der Waals surface area contributed by atoms with E-state index in [1.165, 1.54) is 6.92 Å². The van der Waals surface area contributed by atoms with E-state index in [0.29, 0.717) is 13.1 Å². The number of carbonyl (C=O) groups is 1. The number of sulfonamides is 1. The second kappa shape index (κ2) is 4.27. The van der Waals surface area contributed by atoms with E-state index in [1.807, 2.05) is 0 Å². The molecular formula is C8H16N2O3S. The van der Waals surface area contributed by atoms with Gasteiger partial charge in [0.25, 0.3) is 0 Å². The first kappa shape index (κ1) is 11.5. The van der Waals surface area contributed by atoms with Crippen LogP contribution in [0.3, 0.4) is 0 Å². The average molecular weight is 220 g/mol. The van der Waals surface area contributed by atoms with Crippen molar-refractivity contribution in [1.82, 2.24) is 4.90 Å². The zero-order chi connectivity index (χ0) is 10.8. The van der Waals surface area contributed by atoms with Crippen molar-refractivity contribution in [3.05, 3.63) is 0 Å². The molecule has 0 saturated carbocycles. The molecule has 1 rings (SSSR count). The largest absolute Gasteiger partial charge is 0.343 e. The van der Waals surface area contributed by atoms with Crippen LogP contribution in [0.25, 0.3) is 0 Å². The van der Waals surface area contributed by atoms with Crippen LogP contribution in [0, 0.1) is 5.92 Å². The van der Waals surface area contributed by atoms with Gasteiger partial charge >= 0.3 is 0 Å². The molecule has 1 aliphatic rings. The Morgan fingerprint density at radius 1 is 1.43 bits per heavy atom. The molecule has 1 amide bonds. The van der Waals surface area contributed by atoms with E-state index in [-0.39, 0.29) is 17.6 Å². The van der Waals surface area contributed by atoms with Gasteiger partial charge in [-0.15, -0.1) is 0 Å². The van der Waals surface area contributed by atoms with Crippen molar-refractivity contribution >= 4 is 15.9 Å². The van der Waals surface area contributed by atoms with Crippen LogP contribution in [-0.4, -0.2) is 38.1 Å². The molecule has 0 radical (unpaired) electrons. The van der Waals surface area contributed by atoms with Crippen LogP contribution in [0.5, 0.6) is 0 Å². The molecule has 6 heteroatoms. The summed E-state index contributed by atoms with van der Waals surface area (Å²) in [5.74, 6) is 0.207. The minimum atomic E-state index is -3.36. The van der Waals surface area contributed by atoms with E-state index in [2.05, 4.69) is 0 Å². The summed E-state index contributed by atoms with van der Waals surface area (Å²) in [6.07, 6.45) is 1.46. The highest BCUT2D eigenvalue weighted by Gasteiger charge is 2.23. The molecule has 14 heavy (non-hydrogen) atoms. The molecule has 0 atom stereocenters. The third-order valence-electron chi connectivity index (χ3n) is 2.53. The Morgan fingerprint density at radius 2 is 1.93 bits per heavy atom. The van der Waals surface area contributed by atoms with Crippen molar-refractivity contribution in [2.24, 2.45) is 11.1 Å². The fourth-order valence-corrected chi connectivity index (χ4v) is 2.73. The molecule has 0 aromatic carbocycles. The lowest BCUT2D eigenvalue weighted by Crippen LogP contribution is -2.39. The van der Waals surface area contributed by atoms with E-state index in [0.717, 1.165) is 12.8 Å². The molecule has 0 unspecified atom stereocenters. The third kappa shape index (κ3) is 3.63. The molecule has 0 aromatic heterocycles. The van der Waals surface area contributed by atoms with Gasteiger partial charge in [0.1, 0.15) is 0 Å². The van der Waals surface area contributed by atoms with Crippen LogP contribution in [0.2, 0.25) is 0 Å². The first-order chi connectivity index (χ1) is 6.38. The van der Waals surface area contributed by atoms with E-state index in [9.17, 15) is 13.2 Å². The minimum Gasteiger partial charge on any atom is -0.343 e. The van der Waals surface area contributed by atoms with E-state index in [4.69, 9.17) is 5.14 Å². The monoisotopic (exact) mass is 220 g/mol. The van der Waals surface area contributed by atoms with Crippen LogP contribution in [-0.2, 0) is 14.8 Å². The lowest BCUT2D eigenvalue weighted by Gasteiger charge is -2.30. The second-order valence-corrected chi connectivity index (χ2v) is 5.44. The Kier molecular flexibility index (Phi) is 3.49. The number of amides is 1. The molecule has 2 N–H and O–H groups in total. The normalized spacial score (nSPS) is 19.7. The maximum Gasteiger partial charge on any atom is 0.219 e. The van der Waals surface area contributed by atoms with Gasteiger partial charge in [0.15, 0.2) is 0 Å². The average Bonchev–Trinajstić information content (AvgIpc) is 2.02. The molecule has 5 nitrogen and oxygen atoms in total. The number of rotatable bonds is 2. The Bertz CT molecular complexity index is 305. The summed E-state index contributed by atoms with van der Waals surface area (Å²) < 4.78 is 21.6. The zero-order valence-electron chi connectivity index (χ0n) is 8.27. The van der Waals surface area contributed by atoms with Gasteiger partial charge in [0, 0.05) is 20.0 Å². The Hall–Kier alpha value is -0.620. The van der Waals surface area contributed by atoms with Gasteiger partial charge in [-0.2, -0.15) is 0 Å². The number of primary sulfonamides is 1. The molecule has 82 valence electrons. The fourth-order valence-electron chi connectivity index (χ4n) is 1.74. The van der Waals surface area contributed by atoms with Gasteiger partial charge in [-0.25, -0.2) is 13.6 Å². The number of nitrogens with zero attached hydrogens (tertiary/aromatic N) is 1. The van der Waals surface area contributed by atoms with Gasteiger partial charge in [-0.05, 0) is 18.8 Å². The Labute approximate surface area is 84.3 Å². The lowest BCUT2D eigenvalue weighted by molar-refractivity contribution is -0.130. The van der Waals surface area contributed by atoms with Crippen LogP contribution in [0.1, 0.15) is 19.8 Å². The van der Waals surface area contributed by atoms with Crippen LogP contribution in [0.15, 0.2) is 0 Å². The quantitative estimate of drug-likeness (QED) is 0.683. The molecule has 1 heterocycles. The summed E-state index contributed by atoms with van der Waals surface area (Å²) in [7, 11) is -3.36. The van der Waals surface area contributed by atoms with E-state index in [1.54, 1.807) is 4.90 Å². The Balaban J connectivity index is 2.40. The lowest BCUT2D eigenvalue weighted by atomic mass is 9.99. The Morgan fingerprint density at radius 3 is 2.29 bits per heavy atom. The number of hydrogen-bond donors (Lipinski definition) is 1. The van der Waals surface area contributed by atoms with Crippen molar-refractivity contribution in [2.45, 2.75) is 19.8 Å². The summed E-state index contributed by atoms with van der Waals surface area (Å²) >= 11 is 0. The van der Waals surface area contributed by atoms with Crippen LogP contribution in [0.4, 0.5) is 0 Å². The SMILES string of the molecule is CC(=O)N1CCC(CS(N)(=O)=O)CC1. The number of hydrogen-bond acceptors (Lipinski definition) is 3. The molecule has 1 saturated heterocycles. The van der Waals surface area contributed by atoms with Crippen molar-refractivity contribution in [1.29, 1.82) is 0 Å². The number of piperidine rings is 1. The summed E-state index contributed by atoms with van der Waals surface area (Å²) in [5.41, 5.74) is 0. The highest BCUT2D eigenvalue weighted by atomic mass is 32.2. The van der Waals surface area contributed by atoms with Crippen molar-refractivity contribution in [3.8, 4) is 0 Å². The molecule has 0 aromatic rings. The number of nitrogens with two attached hydrogens (primary N) is 1. The predicted octanol–water partition coefficient (Wildman–Crippen LogP) is -0.467. The summed E-state index contributed by atoms with van der Waals surface area (Å²) in [6, 6.07) is 0. The first-order valence-electron chi connectivity index (χ1n) is 4.64. The maximum absolute atomic E-state index is 11.0. The van der Waals surface area contributed by atoms with Gasteiger partial charge < -0.3 is 4.90 Å². The van der Waals surface area contributed by atoms with Gasteiger partial charge in [0.2, 0.25) is 15.9 Å². The van der Waals surface area contributed by atoms with Crippen LogP contribution < -0.4 is 5.14 Å². The molecule has 1 fully saturated rings. The topological polar surface area (TPSA) is 80.5 Å². The smallest absolute Gasteiger partial charge is 0.219 e. The van der Waals surface area contributed by atoms with Crippen LogP contribution >= 0.6 is 0 Å². The highest BCUT2D eigenvalue weighted by Crippen LogP contribution is 2.18. The summed E-state index contributed by atoms with van der Waals surface area (Å²) in [5, 5.41) is 4.95. The van der Waals surface area contributed by atoms with Gasteiger partial charge in [0.05, 0.1) is 5.75 Å². The molecule has 1 aliphatic heterocycles. The molecule has 0 aliphatic carbocycles. The zero-order valence-corrected chi connectivity index (χ0v) is 9.09. The second-order valence-electron chi connectivity index (χ2n) is 3.78. The third-order valence-corrected chi connectivity index (χ3v) is 3.46. The molecule has 0 bridgehead atoms.